The molecule has 1 aliphatic heterocycles. The van der Waals surface area contributed by atoms with Crippen LogP contribution in [0.25, 0.3) is 6.08 Å². The fourth-order valence-electron chi connectivity index (χ4n) is 2.55. The number of phenolic OH excluding ortho intramolecular Hbond substituents is 1. The molecule has 0 bridgehead atoms. The van der Waals surface area contributed by atoms with Gasteiger partial charge in [-0.1, -0.05) is 29.3 Å². The van der Waals surface area contributed by atoms with Gasteiger partial charge >= 0.3 is 0 Å². The van der Waals surface area contributed by atoms with Gasteiger partial charge in [-0.25, -0.2) is 0 Å². The third-order valence-electron chi connectivity index (χ3n) is 3.67. The van der Waals surface area contributed by atoms with Gasteiger partial charge in [0.1, 0.15) is 11.5 Å². The molecule has 0 unspecified atom stereocenters. The van der Waals surface area contributed by atoms with Gasteiger partial charge in [-0.3, -0.25) is 4.79 Å². The van der Waals surface area contributed by atoms with Gasteiger partial charge in [-0.05, 0) is 44.4 Å². The Bertz CT molecular complexity index is 839. The van der Waals surface area contributed by atoms with Gasteiger partial charge in [0.2, 0.25) is 5.78 Å². The Labute approximate surface area is 149 Å². The molecule has 3 rings (SSSR count). The zero-order valence-electron chi connectivity index (χ0n) is 13.1. The van der Waals surface area contributed by atoms with Crippen molar-refractivity contribution < 1.29 is 14.6 Å². The molecule has 0 amide bonds. The molecule has 2 aromatic rings. The molecule has 1 N–H and O–H groups in total. The number of allylic oxidation sites excluding steroid dienone is 1. The minimum atomic E-state index is -0.263. The van der Waals surface area contributed by atoms with Crippen molar-refractivity contribution in [2.45, 2.75) is 6.54 Å². The Hall–Kier alpha value is -2.01. The molecule has 24 heavy (non-hydrogen) atoms. The second-order valence-electron chi connectivity index (χ2n) is 5.75. The van der Waals surface area contributed by atoms with Crippen molar-refractivity contribution in [1.29, 1.82) is 0 Å². The highest BCUT2D eigenvalue weighted by molar-refractivity contribution is 6.37. The van der Waals surface area contributed by atoms with Gasteiger partial charge in [-0.2, -0.15) is 0 Å². The zero-order valence-corrected chi connectivity index (χ0v) is 14.6. The van der Waals surface area contributed by atoms with Crippen molar-refractivity contribution in [3.63, 3.8) is 0 Å². The third-order valence-corrected chi connectivity index (χ3v) is 4.32. The monoisotopic (exact) mass is 363 g/mol. The Kier molecular flexibility index (Phi) is 4.54. The normalized spacial score (nSPS) is 15.0. The molecule has 0 atom stereocenters. The number of hydrogen-bond donors (Lipinski definition) is 1. The number of ketones is 1. The Morgan fingerprint density at radius 2 is 1.83 bits per heavy atom. The van der Waals surface area contributed by atoms with Crippen LogP contribution in [-0.4, -0.2) is 29.9 Å². The Morgan fingerprint density at radius 1 is 1.17 bits per heavy atom. The first-order chi connectivity index (χ1) is 11.4. The second-order valence-corrected chi connectivity index (χ2v) is 6.57. The molecule has 1 heterocycles. The van der Waals surface area contributed by atoms with E-state index in [1.807, 2.05) is 19.0 Å². The molecule has 0 radical (unpaired) electrons. The van der Waals surface area contributed by atoms with E-state index in [0.717, 1.165) is 0 Å². The second kappa shape index (κ2) is 6.48. The summed E-state index contributed by atoms with van der Waals surface area (Å²) in [5, 5.41) is 11.0. The first-order valence-corrected chi connectivity index (χ1v) is 8.02. The van der Waals surface area contributed by atoms with Gasteiger partial charge in [-0.15, -0.1) is 0 Å². The zero-order chi connectivity index (χ0) is 17.4. The van der Waals surface area contributed by atoms with Crippen molar-refractivity contribution in [3.8, 4) is 11.5 Å². The van der Waals surface area contributed by atoms with Crippen LogP contribution in [0, 0.1) is 0 Å². The summed E-state index contributed by atoms with van der Waals surface area (Å²) >= 11 is 12.3. The molecule has 0 saturated heterocycles. The fraction of sp³-hybridized carbons (Fsp3) is 0.167. The number of rotatable bonds is 3. The van der Waals surface area contributed by atoms with Crippen LogP contribution in [0.1, 0.15) is 21.5 Å². The number of halogens is 2. The lowest BCUT2D eigenvalue weighted by molar-refractivity contribution is 0.101. The third kappa shape index (κ3) is 3.00. The average molecular weight is 364 g/mol. The number of benzene rings is 2. The topological polar surface area (TPSA) is 49.8 Å². The Balaban J connectivity index is 2.07. The van der Waals surface area contributed by atoms with E-state index in [4.69, 9.17) is 27.9 Å². The number of ether oxygens (including phenoxy) is 1. The Morgan fingerprint density at radius 3 is 2.46 bits per heavy atom. The van der Waals surface area contributed by atoms with Crippen molar-refractivity contribution in [1.82, 2.24) is 4.90 Å². The number of hydrogen-bond acceptors (Lipinski definition) is 4. The van der Waals surface area contributed by atoms with E-state index < -0.39 is 0 Å². The summed E-state index contributed by atoms with van der Waals surface area (Å²) in [4.78, 5) is 14.5. The first kappa shape index (κ1) is 16.8. The fourth-order valence-corrected chi connectivity index (χ4v) is 3.05. The van der Waals surface area contributed by atoms with Crippen LogP contribution < -0.4 is 4.74 Å². The van der Waals surface area contributed by atoms with E-state index >= 15 is 0 Å². The SMILES string of the molecule is CN(C)Cc1c(O)ccc2c1OC(=Cc1c(Cl)cccc1Cl)C2=O. The summed E-state index contributed by atoms with van der Waals surface area (Å²) in [6.45, 7) is 0.447. The highest BCUT2D eigenvalue weighted by Gasteiger charge is 2.31. The van der Waals surface area contributed by atoms with Crippen molar-refractivity contribution in [3.05, 3.63) is 62.8 Å². The van der Waals surface area contributed by atoms with Crippen LogP contribution in [0.2, 0.25) is 10.0 Å². The predicted octanol–water partition coefficient (Wildman–Crippen LogP) is 4.38. The largest absolute Gasteiger partial charge is 0.507 e. The summed E-state index contributed by atoms with van der Waals surface area (Å²) in [6.07, 6.45) is 1.53. The number of carbonyl (C=O) groups is 1. The highest BCUT2D eigenvalue weighted by atomic mass is 35.5. The maximum atomic E-state index is 12.6. The molecule has 0 fully saturated rings. The van der Waals surface area contributed by atoms with Gasteiger partial charge in [0.05, 0.1) is 11.1 Å². The molecule has 4 nitrogen and oxygen atoms in total. The molecular formula is C18H15Cl2NO3. The van der Waals surface area contributed by atoms with Gasteiger partial charge in [0.25, 0.3) is 0 Å². The summed E-state index contributed by atoms with van der Waals surface area (Å²) in [5.74, 6) is 0.335. The minimum Gasteiger partial charge on any atom is -0.507 e. The summed E-state index contributed by atoms with van der Waals surface area (Å²) in [5.41, 5.74) is 1.51. The van der Waals surface area contributed by atoms with E-state index in [-0.39, 0.29) is 17.3 Å². The quantitative estimate of drug-likeness (QED) is 0.822. The molecule has 0 aromatic heterocycles. The van der Waals surface area contributed by atoms with Gasteiger partial charge < -0.3 is 14.7 Å². The number of phenols is 1. The lowest BCUT2D eigenvalue weighted by atomic mass is 10.0. The van der Waals surface area contributed by atoms with E-state index in [2.05, 4.69) is 0 Å². The maximum absolute atomic E-state index is 12.6. The predicted molar refractivity (Wildman–Crippen MR) is 94.9 cm³/mol. The molecule has 0 spiro atoms. The summed E-state index contributed by atoms with van der Waals surface area (Å²) < 4.78 is 5.75. The van der Waals surface area contributed by atoms with E-state index in [0.29, 0.717) is 39.0 Å². The molecule has 0 aliphatic carbocycles. The highest BCUT2D eigenvalue weighted by Crippen LogP contribution is 2.40. The molecule has 1 aliphatic rings. The van der Waals surface area contributed by atoms with Crippen LogP contribution in [0.5, 0.6) is 11.5 Å². The van der Waals surface area contributed by atoms with Gasteiger partial charge in [0, 0.05) is 22.2 Å². The summed E-state index contributed by atoms with van der Waals surface area (Å²) in [7, 11) is 3.74. The molecule has 6 heteroatoms. The smallest absolute Gasteiger partial charge is 0.231 e. The average Bonchev–Trinajstić information content (AvgIpc) is 2.82. The van der Waals surface area contributed by atoms with Crippen molar-refractivity contribution in [2.75, 3.05) is 14.1 Å². The molecule has 2 aromatic carbocycles. The molecule has 0 saturated carbocycles. The number of fused-ring (bicyclic) bond motifs is 1. The standard InChI is InChI=1S/C18H15Cl2NO3/c1-21(2)9-12-15(22)7-6-10-17(23)16(24-18(10)12)8-11-13(19)4-3-5-14(11)20/h3-8,22H,9H2,1-2H3. The lowest BCUT2D eigenvalue weighted by Gasteiger charge is -2.14. The molecule has 124 valence electrons. The van der Waals surface area contributed by atoms with Crippen LogP contribution in [-0.2, 0) is 6.54 Å². The van der Waals surface area contributed by atoms with Gasteiger partial charge in [0.15, 0.2) is 5.76 Å². The first-order valence-electron chi connectivity index (χ1n) is 7.26. The van der Waals surface area contributed by atoms with Crippen LogP contribution in [0.3, 0.4) is 0 Å². The van der Waals surface area contributed by atoms with Crippen LogP contribution in [0.4, 0.5) is 0 Å². The number of nitrogens with zero attached hydrogens (tertiary/aromatic N) is 1. The molecular weight excluding hydrogens is 349 g/mol. The number of Topliss-reactive ketones (excluding diaryl/α,β-unsaturated/α-hetero) is 1. The lowest BCUT2D eigenvalue weighted by Crippen LogP contribution is -2.11. The minimum absolute atomic E-state index is 0.0901. The van der Waals surface area contributed by atoms with E-state index in [1.165, 1.54) is 12.1 Å². The van der Waals surface area contributed by atoms with Crippen molar-refractivity contribution in [2.24, 2.45) is 0 Å². The van der Waals surface area contributed by atoms with Crippen LogP contribution >= 0.6 is 23.2 Å². The maximum Gasteiger partial charge on any atom is 0.231 e. The van der Waals surface area contributed by atoms with E-state index in [9.17, 15) is 9.90 Å². The van der Waals surface area contributed by atoms with E-state index in [1.54, 1.807) is 24.3 Å². The van der Waals surface area contributed by atoms with Crippen LogP contribution in [0.15, 0.2) is 36.1 Å². The number of carbonyl (C=O) groups excluding carboxylic acids is 1. The number of aromatic hydroxyl groups is 1. The summed E-state index contributed by atoms with van der Waals surface area (Å²) in [6, 6.07) is 8.17. The van der Waals surface area contributed by atoms with Crippen molar-refractivity contribution >= 4 is 35.1 Å².